The Balaban J connectivity index is 2.74. The quantitative estimate of drug-likeness (QED) is 0.726. The van der Waals surface area contributed by atoms with Gasteiger partial charge in [-0.15, -0.1) is 0 Å². The number of aromatic nitrogens is 1. The van der Waals surface area contributed by atoms with Gasteiger partial charge in [0.1, 0.15) is 0 Å². The van der Waals surface area contributed by atoms with Gasteiger partial charge >= 0.3 is 0 Å². The third-order valence-electron chi connectivity index (χ3n) is 2.69. The van der Waals surface area contributed by atoms with Crippen molar-refractivity contribution in [3.63, 3.8) is 0 Å². The van der Waals surface area contributed by atoms with E-state index in [-0.39, 0.29) is 0 Å². The Labute approximate surface area is 107 Å². The van der Waals surface area contributed by atoms with Gasteiger partial charge in [-0.3, -0.25) is 4.98 Å². The standard InChI is InChI=1S/C13H21BrN2/c1-4-5-6-9-16(11(2)3)13-7-8-15-10-12(13)14/h7-8,10-11H,4-6,9H2,1-3H3. The van der Waals surface area contributed by atoms with Gasteiger partial charge in [-0.25, -0.2) is 0 Å². The summed E-state index contributed by atoms with van der Waals surface area (Å²) in [4.78, 5) is 6.54. The van der Waals surface area contributed by atoms with Gasteiger partial charge in [-0.05, 0) is 42.3 Å². The topological polar surface area (TPSA) is 16.1 Å². The van der Waals surface area contributed by atoms with E-state index in [0.29, 0.717) is 6.04 Å². The third-order valence-corrected chi connectivity index (χ3v) is 3.30. The molecule has 0 radical (unpaired) electrons. The van der Waals surface area contributed by atoms with E-state index in [0.717, 1.165) is 11.0 Å². The lowest BCUT2D eigenvalue weighted by Gasteiger charge is -2.29. The molecule has 0 bridgehead atoms. The molecule has 0 aromatic carbocycles. The van der Waals surface area contributed by atoms with Crippen LogP contribution < -0.4 is 4.90 Å². The fraction of sp³-hybridized carbons (Fsp3) is 0.615. The van der Waals surface area contributed by atoms with Crippen molar-refractivity contribution in [2.45, 2.75) is 46.1 Å². The molecule has 0 spiro atoms. The summed E-state index contributed by atoms with van der Waals surface area (Å²) in [6, 6.07) is 2.60. The van der Waals surface area contributed by atoms with Crippen molar-refractivity contribution in [2.24, 2.45) is 0 Å². The molecule has 2 nitrogen and oxygen atoms in total. The molecule has 0 aliphatic heterocycles. The molecule has 0 aliphatic carbocycles. The minimum Gasteiger partial charge on any atom is -0.368 e. The summed E-state index contributed by atoms with van der Waals surface area (Å²) >= 11 is 3.57. The molecule has 90 valence electrons. The predicted molar refractivity (Wildman–Crippen MR) is 73.9 cm³/mol. The van der Waals surface area contributed by atoms with E-state index in [2.05, 4.69) is 52.7 Å². The highest BCUT2D eigenvalue weighted by Gasteiger charge is 2.12. The fourth-order valence-corrected chi connectivity index (χ4v) is 2.27. The zero-order valence-electron chi connectivity index (χ0n) is 10.4. The van der Waals surface area contributed by atoms with E-state index >= 15 is 0 Å². The van der Waals surface area contributed by atoms with E-state index in [1.165, 1.54) is 24.9 Å². The third kappa shape index (κ3) is 3.78. The Morgan fingerprint density at radius 2 is 2.12 bits per heavy atom. The molecule has 1 heterocycles. The molecule has 0 unspecified atom stereocenters. The Morgan fingerprint density at radius 1 is 1.38 bits per heavy atom. The summed E-state index contributed by atoms with van der Waals surface area (Å²) in [7, 11) is 0. The molecule has 0 N–H and O–H groups in total. The van der Waals surface area contributed by atoms with E-state index in [1.54, 1.807) is 0 Å². The van der Waals surface area contributed by atoms with E-state index in [9.17, 15) is 0 Å². The molecule has 1 rings (SSSR count). The van der Waals surface area contributed by atoms with Gasteiger partial charge in [-0.1, -0.05) is 19.8 Å². The Morgan fingerprint density at radius 3 is 2.69 bits per heavy atom. The second-order valence-electron chi connectivity index (χ2n) is 4.32. The number of nitrogens with zero attached hydrogens (tertiary/aromatic N) is 2. The first-order valence-corrected chi connectivity index (χ1v) is 6.82. The molecule has 3 heteroatoms. The highest BCUT2D eigenvalue weighted by molar-refractivity contribution is 9.10. The molecule has 0 amide bonds. The van der Waals surface area contributed by atoms with Gasteiger partial charge in [0.25, 0.3) is 0 Å². The Bertz CT molecular complexity index is 313. The number of halogens is 1. The van der Waals surface area contributed by atoms with Gasteiger partial charge in [0.15, 0.2) is 0 Å². The van der Waals surface area contributed by atoms with Crippen molar-refractivity contribution in [3.8, 4) is 0 Å². The maximum atomic E-state index is 4.11. The van der Waals surface area contributed by atoms with Crippen LogP contribution in [0.1, 0.15) is 40.0 Å². The van der Waals surface area contributed by atoms with Crippen LogP contribution in [-0.4, -0.2) is 17.6 Å². The smallest absolute Gasteiger partial charge is 0.0592 e. The van der Waals surface area contributed by atoms with E-state index < -0.39 is 0 Å². The van der Waals surface area contributed by atoms with E-state index in [4.69, 9.17) is 0 Å². The summed E-state index contributed by atoms with van der Waals surface area (Å²) in [6.45, 7) is 7.83. The van der Waals surface area contributed by atoms with Gasteiger partial charge < -0.3 is 4.90 Å². The zero-order valence-corrected chi connectivity index (χ0v) is 12.0. The van der Waals surface area contributed by atoms with Gasteiger partial charge in [-0.2, -0.15) is 0 Å². The second kappa shape index (κ2) is 6.89. The van der Waals surface area contributed by atoms with Gasteiger partial charge in [0, 0.05) is 25.0 Å². The van der Waals surface area contributed by atoms with Crippen molar-refractivity contribution in [3.05, 3.63) is 22.9 Å². The lowest BCUT2D eigenvalue weighted by molar-refractivity contribution is 0.625. The number of hydrogen-bond donors (Lipinski definition) is 0. The first-order chi connectivity index (χ1) is 7.66. The highest BCUT2D eigenvalue weighted by atomic mass is 79.9. The average Bonchev–Trinajstić information content (AvgIpc) is 2.25. The SMILES string of the molecule is CCCCCN(c1ccncc1Br)C(C)C. The van der Waals surface area contributed by atoms with Crippen LogP contribution in [0.25, 0.3) is 0 Å². The molecule has 0 aliphatic rings. The van der Waals surface area contributed by atoms with Crippen molar-refractivity contribution in [1.29, 1.82) is 0 Å². The summed E-state index contributed by atoms with van der Waals surface area (Å²) in [5.41, 5.74) is 1.25. The molecule has 16 heavy (non-hydrogen) atoms. The van der Waals surface area contributed by atoms with Crippen LogP contribution in [0.2, 0.25) is 0 Å². The Kier molecular flexibility index (Phi) is 5.81. The van der Waals surface area contributed by atoms with Crippen LogP contribution in [0.4, 0.5) is 5.69 Å². The lowest BCUT2D eigenvalue weighted by Crippen LogP contribution is -2.32. The van der Waals surface area contributed by atoms with Gasteiger partial charge in [0.2, 0.25) is 0 Å². The van der Waals surface area contributed by atoms with Crippen LogP contribution in [0.15, 0.2) is 22.9 Å². The second-order valence-corrected chi connectivity index (χ2v) is 5.18. The highest BCUT2D eigenvalue weighted by Crippen LogP contribution is 2.26. The minimum absolute atomic E-state index is 0.524. The summed E-state index contributed by atoms with van der Waals surface area (Å²) in [5, 5.41) is 0. The monoisotopic (exact) mass is 284 g/mol. The number of rotatable bonds is 6. The molecule has 0 saturated carbocycles. The largest absolute Gasteiger partial charge is 0.368 e. The van der Waals surface area contributed by atoms with Crippen LogP contribution in [0.5, 0.6) is 0 Å². The van der Waals surface area contributed by atoms with Crippen molar-refractivity contribution in [2.75, 3.05) is 11.4 Å². The Hall–Kier alpha value is -0.570. The van der Waals surface area contributed by atoms with E-state index in [1.807, 2.05) is 12.4 Å². The number of hydrogen-bond acceptors (Lipinski definition) is 2. The molecular weight excluding hydrogens is 264 g/mol. The summed E-state index contributed by atoms with van der Waals surface area (Å²) < 4.78 is 1.08. The predicted octanol–water partition coefficient (Wildman–Crippen LogP) is 4.25. The first-order valence-electron chi connectivity index (χ1n) is 6.03. The maximum absolute atomic E-state index is 4.11. The zero-order chi connectivity index (χ0) is 12.0. The van der Waals surface area contributed by atoms with Gasteiger partial charge in [0.05, 0.1) is 10.2 Å². The van der Waals surface area contributed by atoms with Crippen LogP contribution in [0, 0.1) is 0 Å². The normalized spacial score (nSPS) is 10.8. The summed E-state index contributed by atoms with van der Waals surface area (Å²) in [5.74, 6) is 0. The molecule has 1 aromatic heterocycles. The maximum Gasteiger partial charge on any atom is 0.0592 e. The van der Waals surface area contributed by atoms with Crippen LogP contribution in [0.3, 0.4) is 0 Å². The molecule has 0 atom stereocenters. The fourth-order valence-electron chi connectivity index (χ4n) is 1.79. The number of unbranched alkanes of at least 4 members (excludes halogenated alkanes) is 2. The first kappa shape index (κ1) is 13.5. The number of anilines is 1. The van der Waals surface area contributed by atoms with Crippen molar-refractivity contribution >= 4 is 21.6 Å². The summed E-state index contributed by atoms with van der Waals surface area (Å²) in [6.07, 6.45) is 7.54. The number of pyridine rings is 1. The minimum atomic E-state index is 0.524. The molecule has 0 saturated heterocycles. The molecule has 0 fully saturated rings. The van der Waals surface area contributed by atoms with Crippen LogP contribution >= 0.6 is 15.9 Å². The average molecular weight is 285 g/mol. The van der Waals surface area contributed by atoms with Crippen molar-refractivity contribution in [1.82, 2.24) is 4.98 Å². The van der Waals surface area contributed by atoms with Crippen LogP contribution in [-0.2, 0) is 0 Å². The molecular formula is C13H21BrN2. The molecule has 1 aromatic rings. The van der Waals surface area contributed by atoms with Crippen molar-refractivity contribution < 1.29 is 0 Å². The lowest BCUT2D eigenvalue weighted by atomic mass is 10.2.